The third-order valence-corrected chi connectivity index (χ3v) is 4.27. The molecule has 1 saturated heterocycles. The molecule has 0 spiro atoms. The summed E-state index contributed by atoms with van der Waals surface area (Å²) in [5, 5.41) is 5.52. The van der Waals surface area contributed by atoms with Crippen molar-refractivity contribution in [3.05, 3.63) is 65.7 Å². The Morgan fingerprint density at radius 2 is 1.72 bits per heavy atom. The molecule has 25 heavy (non-hydrogen) atoms. The molecule has 2 aromatic rings. The molecule has 0 radical (unpaired) electrons. The lowest BCUT2D eigenvalue weighted by Gasteiger charge is -2.41. The fraction of sp³-hybridized carbons (Fsp3) is 0.300. The van der Waals surface area contributed by atoms with Crippen molar-refractivity contribution in [3.63, 3.8) is 0 Å². The van der Waals surface area contributed by atoms with Crippen LogP contribution in [0.1, 0.15) is 42.2 Å². The van der Waals surface area contributed by atoms with Gasteiger partial charge in [0.2, 0.25) is 0 Å². The molecule has 3 amide bonds. The second-order valence-corrected chi connectivity index (χ2v) is 6.54. The highest BCUT2D eigenvalue weighted by Crippen LogP contribution is 2.34. The summed E-state index contributed by atoms with van der Waals surface area (Å²) in [7, 11) is 0. The number of hydrogen-bond acceptors (Lipinski definition) is 2. The van der Waals surface area contributed by atoms with Gasteiger partial charge in [0.05, 0.1) is 6.04 Å². The van der Waals surface area contributed by atoms with Crippen molar-refractivity contribution in [3.8, 4) is 0 Å². The van der Waals surface area contributed by atoms with Gasteiger partial charge in [0.15, 0.2) is 0 Å². The second-order valence-electron chi connectivity index (χ2n) is 6.54. The van der Waals surface area contributed by atoms with E-state index in [0.717, 1.165) is 13.0 Å². The maximum Gasteiger partial charge on any atom is 0.319 e. The highest BCUT2D eigenvalue weighted by atomic mass is 16.2. The van der Waals surface area contributed by atoms with Crippen molar-refractivity contribution < 1.29 is 9.59 Å². The first-order chi connectivity index (χ1) is 12.0. The van der Waals surface area contributed by atoms with E-state index >= 15 is 0 Å². The zero-order valence-corrected chi connectivity index (χ0v) is 14.5. The van der Waals surface area contributed by atoms with Crippen molar-refractivity contribution >= 4 is 17.6 Å². The van der Waals surface area contributed by atoms with Gasteiger partial charge in [-0.25, -0.2) is 4.79 Å². The quantitative estimate of drug-likeness (QED) is 0.891. The number of amides is 3. The van der Waals surface area contributed by atoms with Gasteiger partial charge in [-0.1, -0.05) is 30.3 Å². The van der Waals surface area contributed by atoms with Gasteiger partial charge in [-0.15, -0.1) is 0 Å². The second kappa shape index (κ2) is 7.38. The number of carbonyl (C=O) groups excluding carboxylic acids is 2. The van der Waals surface area contributed by atoms with Crippen molar-refractivity contribution in [1.82, 2.24) is 10.2 Å². The minimum Gasteiger partial charge on any atom is -0.336 e. The van der Waals surface area contributed by atoms with E-state index in [1.807, 2.05) is 36.9 Å². The summed E-state index contributed by atoms with van der Waals surface area (Å²) in [5.74, 6) is 0.0262. The van der Waals surface area contributed by atoms with E-state index in [2.05, 4.69) is 22.8 Å². The Labute approximate surface area is 148 Å². The van der Waals surface area contributed by atoms with Gasteiger partial charge in [0.1, 0.15) is 0 Å². The summed E-state index contributed by atoms with van der Waals surface area (Å²) in [6.07, 6.45) is 0.991. The van der Waals surface area contributed by atoms with Gasteiger partial charge in [-0.3, -0.25) is 4.79 Å². The van der Waals surface area contributed by atoms with E-state index in [4.69, 9.17) is 0 Å². The van der Waals surface area contributed by atoms with Gasteiger partial charge in [-0.2, -0.15) is 0 Å². The Hall–Kier alpha value is -2.82. The molecule has 2 aromatic carbocycles. The lowest BCUT2D eigenvalue weighted by molar-refractivity contribution is 0.0460. The molecular formula is C20H23N3O2. The normalized spacial score (nSPS) is 16.3. The molecule has 130 valence electrons. The Kier molecular flexibility index (Phi) is 5.03. The predicted octanol–water partition coefficient (Wildman–Crippen LogP) is 3.80. The molecule has 1 unspecified atom stereocenters. The van der Waals surface area contributed by atoms with Crippen LogP contribution in [0.5, 0.6) is 0 Å². The zero-order valence-electron chi connectivity index (χ0n) is 14.5. The van der Waals surface area contributed by atoms with Crippen LogP contribution in [-0.4, -0.2) is 29.4 Å². The first-order valence-corrected chi connectivity index (χ1v) is 8.58. The molecule has 0 saturated carbocycles. The van der Waals surface area contributed by atoms with Gasteiger partial charge >= 0.3 is 6.03 Å². The van der Waals surface area contributed by atoms with Gasteiger partial charge in [0, 0.05) is 23.8 Å². The van der Waals surface area contributed by atoms with Crippen LogP contribution >= 0.6 is 0 Å². The minimum absolute atomic E-state index is 0.0262. The summed E-state index contributed by atoms with van der Waals surface area (Å²) in [6, 6.07) is 17.1. The monoisotopic (exact) mass is 337 g/mol. The summed E-state index contributed by atoms with van der Waals surface area (Å²) >= 11 is 0. The summed E-state index contributed by atoms with van der Waals surface area (Å²) in [4.78, 5) is 26.3. The minimum atomic E-state index is -0.249. The molecule has 0 aliphatic carbocycles. The zero-order chi connectivity index (χ0) is 17.8. The number of likely N-dealkylation sites (tertiary alicyclic amines) is 1. The fourth-order valence-electron chi connectivity index (χ4n) is 2.94. The number of anilines is 1. The van der Waals surface area contributed by atoms with Crippen LogP contribution in [0.15, 0.2) is 54.6 Å². The van der Waals surface area contributed by atoms with E-state index in [9.17, 15) is 9.59 Å². The maximum absolute atomic E-state index is 12.7. The van der Waals surface area contributed by atoms with Gasteiger partial charge in [-0.05, 0) is 50.1 Å². The van der Waals surface area contributed by atoms with E-state index in [1.54, 1.807) is 24.3 Å². The Bertz CT molecular complexity index is 741. The molecule has 0 bridgehead atoms. The van der Waals surface area contributed by atoms with Crippen LogP contribution in [0.4, 0.5) is 10.5 Å². The fourth-order valence-corrected chi connectivity index (χ4v) is 2.94. The number of benzene rings is 2. The van der Waals surface area contributed by atoms with E-state index in [1.165, 1.54) is 5.56 Å². The summed E-state index contributed by atoms with van der Waals surface area (Å²) < 4.78 is 0. The molecule has 5 nitrogen and oxygen atoms in total. The molecule has 1 fully saturated rings. The van der Waals surface area contributed by atoms with Gasteiger partial charge in [0.25, 0.3) is 5.91 Å². The Balaban J connectivity index is 1.64. The molecule has 0 aromatic heterocycles. The van der Waals surface area contributed by atoms with E-state index < -0.39 is 0 Å². The van der Waals surface area contributed by atoms with Crippen molar-refractivity contribution in [2.24, 2.45) is 0 Å². The van der Waals surface area contributed by atoms with Crippen molar-refractivity contribution in [2.45, 2.75) is 32.4 Å². The van der Waals surface area contributed by atoms with E-state index in [-0.39, 0.29) is 24.0 Å². The third-order valence-electron chi connectivity index (χ3n) is 4.27. The highest BCUT2D eigenvalue weighted by Gasteiger charge is 2.33. The number of carbonyl (C=O) groups is 2. The van der Waals surface area contributed by atoms with Crippen LogP contribution in [0.3, 0.4) is 0 Å². The van der Waals surface area contributed by atoms with Crippen LogP contribution in [0.25, 0.3) is 0 Å². The number of rotatable bonds is 4. The molecule has 1 atom stereocenters. The smallest absolute Gasteiger partial charge is 0.319 e. The number of urea groups is 1. The molecule has 1 heterocycles. The topological polar surface area (TPSA) is 61.4 Å². The Morgan fingerprint density at radius 1 is 1.04 bits per heavy atom. The molecule has 1 aliphatic rings. The van der Waals surface area contributed by atoms with Crippen LogP contribution in [0, 0.1) is 0 Å². The lowest BCUT2D eigenvalue weighted by Crippen LogP contribution is -2.45. The lowest BCUT2D eigenvalue weighted by atomic mass is 9.93. The van der Waals surface area contributed by atoms with Crippen LogP contribution in [-0.2, 0) is 0 Å². The number of hydrogen-bond donors (Lipinski definition) is 2. The molecule has 5 heteroatoms. The average molecular weight is 337 g/mol. The molecule has 2 N–H and O–H groups in total. The SMILES string of the molecule is CC(C)NC(=O)Nc1ccc(C(=O)N2CCC2c2ccccc2)cc1. The molecular weight excluding hydrogens is 314 g/mol. The summed E-state index contributed by atoms with van der Waals surface area (Å²) in [5.41, 5.74) is 2.47. The Morgan fingerprint density at radius 3 is 2.28 bits per heavy atom. The predicted molar refractivity (Wildman–Crippen MR) is 98.6 cm³/mol. The van der Waals surface area contributed by atoms with Crippen molar-refractivity contribution in [1.29, 1.82) is 0 Å². The number of nitrogens with one attached hydrogen (secondary N) is 2. The van der Waals surface area contributed by atoms with Crippen molar-refractivity contribution in [2.75, 3.05) is 11.9 Å². The standard InChI is InChI=1S/C20H23N3O2/c1-14(2)21-20(25)22-17-10-8-16(9-11-17)19(24)23-13-12-18(23)15-6-4-3-5-7-15/h3-11,14,18H,12-13H2,1-2H3,(H2,21,22,25). The first kappa shape index (κ1) is 17.0. The highest BCUT2D eigenvalue weighted by molar-refractivity contribution is 5.96. The van der Waals surface area contributed by atoms with Crippen LogP contribution in [0.2, 0.25) is 0 Å². The maximum atomic E-state index is 12.7. The molecule has 3 rings (SSSR count). The average Bonchev–Trinajstić information content (AvgIpc) is 2.54. The first-order valence-electron chi connectivity index (χ1n) is 8.58. The van der Waals surface area contributed by atoms with Gasteiger partial charge < -0.3 is 15.5 Å². The largest absolute Gasteiger partial charge is 0.336 e. The summed E-state index contributed by atoms with van der Waals surface area (Å²) in [6.45, 7) is 4.57. The number of nitrogens with zero attached hydrogens (tertiary/aromatic N) is 1. The van der Waals surface area contributed by atoms with Crippen LogP contribution < -0.4 is 10.6 Å². The molecule has 1 aliphatic heterocycles. The third kappa shape index (κ3) is 3.99. The van der Waals surface area contributed by atoms with E-state index in [0.29, 0.717) is 11.3 Å².